The minimum absolute atomic E-state index is 0.192. The summed E-state index contributed by atoms with van der Waals surface area (Å²) in [7, 11) is 1.42. The highest BCUT2D eigenvalue weighted by atomic mass is 16.5. The molecule has 4 heteroatoms. The van der Waals surface area contributed by atoms with Gasteiger partial charge in [-0.2, -0.15) is 0 Å². The Balaban J connectivity index is 2.02. The molecule has 0 aromatic carbocycles. The maximum atomic E-state index is 11.6. The van der Waals surface area contributed by atoms with Gasteiger partial charge in [0, 0.05) is 19.0 Å². The van der Waals surface area contributed by atoms with Gasteiger partial charge in [0.1, 0.15) is 6.04 Å². The molecule has 1 heterocycles. The van der Waals surface area contributed by atoms with Crippen molar-refractivity contribution in [2.75, 3.05) is 13.7 Å². The number of carbonyl (C=O) groups excluding carboxylic acids is 1. The van der Waals surface area contributed by atoms with Crippen molar-refractivity contribution < 1.29 is 14.6 Å². The van der Waals surface area contributed by atoms with Gasteiger partial charge in [-0.3, -0.25) is 9.69 Å². The van der Waals surface area contributed by atoms with Crippen molar-refractivity contribution in [2.45, 2.75) is 56.7 Å². The van der Waals surface area contributed by atoms with Crippen LogP contribution in [0, 0.1) is 0 Å². The molecule has 16 heavy (non-hydrogen) atoms. The first-order valence-corrected chi connectivity index (χ1v) is 6.24. The summed E-state index contributed by atoms with van der Waals surface area (Å²) in [6, 6.07) is 0.248. The van der Waals surface area contributed by atoms with Crippen molar-refractivity contribution in [2.24, 2.45) is 0 Å². The summed E-state index contributed by atoms with van der Waals surface area (Å²) in [5.74, 6) is -0.192. The van der Waals surface area contributed by atoms with Crippen LogP contribution in [0.1, 0.15) is 38.5 Å². The summed E-state index contributed by atoms with van der Waals surface area (Å²) >= 11 is 0. The molecule has 2 fully saturated rings. The second-order valence-electron chi connectivity index (χ2n) is 4.92. The van der Waals surface area contributed by atoms with Crippen LogP contribution in [-0.2, 0) is 9.53 Å². The largest absolute Gasteiger partial charge is 0.468 e. The van der Waals surface area contributed by atoms with Crippen molar-refractivity contribution in [1.29, 1.82) is 0 Å². The van der Waals surface area contributed by atoms with Crippen LogP contribution in [0.3, 0.4) is 0 Å². The summed E-state index contributed by atoms with van der Waals surface area (Å²) in [6.07, 6.45) is 6.25. The van der Waals surface area contributed by atoms with Crippen molar-refractivity contribution >= 4 is 5.97 Å². The van der Waals surface area contributed by atoms with Gasteiger partial charge in [-0.1, -0.05) is 19.3 Å². The zero-order chi connectivity index (χ0) is 11.5. The molecule has 0 bridgehead atoms. The zero-order valence-electron chi connectivity index (χ0n) is 9.89. The highest BCUT2D eigenvalue weighted by Crippen LogP contribution is 2.29. The maximum absolute atomic E-state index is 11.6. The zero-order valence-corrected chi connectivity index (χ0v) is 9.89. The number of likely N-dealkylation sites (tertiary alicyclic amines) is 1. The van der Waals surface area contributed by atoms with Gasteiger partial charge in [-0.25, -0.2) is 0 Å². The van der Waals surface area contributed by atoms with Crippen molar-refractivity contribution in [3.8, 4) is 0 Å². The van der Waals surface area contributed by atoms with Gasteiger partial charge in [0.25, 0.3) is 0 Å². The minimum atomic E-state index is -0.369. The van der Waals surface area contributed by atoms with E-state index in [1.165, 1.54) is 26.4 Å². The van der Waals surface area contributed by atoms with Gasteiger partial charge in [0.15, 0.2) is 0 Å². The number of carbonyl (C=O) groups is 1. The molecule has 92 valence electrons. The van der Waals surface area contributed by atoms with Crippen LogP contribution >= 0.6 is 0 Å². The van der Waals surface area contributed by atoms with E-state index < -0.39 is 0 Å². The monoisotopic (exact) mass is 227 g/mol. The molecule has 0 aromatic heterocycles. The van der Waals surface area contributed by atoms with E-state index in [1.807, 2.05) is 0 Å². The topological polar surface area (TPSA) is 49.8 Å². The Morgan fingerprint density at radius 3 is 2.62 bits per heavy atom. The average molecular weight is 227 g/mol. The standard InChI is InChI=1S/C12H21NO3/c1-16-12(15)11-7-10(14)8-13(11)9-5-3-2-4-6-9/h9-11,14H,2-8H2,1H3/t10-,11+/m1/s1. The molecule has 0 aromatic rings. The fourth-order valence-corrected chi connectivity index (χ4v) is 3.02. The predicted molar refractivity (Wildman–Crippen MR) is 60.0 cm³/mol. The van der Waals surface area contributed by atoms with Crippen LogP contribution in [0.2, 0.25) is 0 Å². The number of β-amino-alcohol motifs (C(OH)–C–C–N with tert-alkyl or cyclic N) is 1. The lowest BCUT2D eigenvalue weighted by Crippen LogP contribution is -2.44. The Hall–Kier alpha value is -0.610. The van der Waals surface area contributed by atoms with Crippen LogP contribution in [0.25, 0.3) is 0 Å². The second kappa shape index (κ2) is 5.15. The molecule has 1 saturated carbocycles. The molecule has 1 N–H and O–H groups in total. The SMILES string of the molecule is COC(=O)[C@@H]1C[C@@H](O)CN1C1CCCCC1. The highest BCUT2D eigenvalue weighted by molar-refractivity contribution is 5.76. The summed E-state index contributed by atoms with van der Waals surface area (Å²) in [4.78, 5) is 13.8. The van der Waals surface area contributed by atoms with Crippen LogP contribution in [-0.4, -0.2) is 47.8 Å². The number of hydrogen-bond donors (Lipinski definition) is 1. The molecular weight excluding hydrogens is 206 g/mol. The fraction of sp³-hybridized carbons (Fsp3) is 0.917. The number of rotatable bonds is 2. The van der Waals surface area contributed by atoms with E-state index in [0.717, 1.165) is 12.8 Å². The third-order valence-corrected chi connectivity index (χ3v) is 3.83. The van der Waals surface area contributed by atoms with Crippen molar-refractivity contribution in [3.63, 3.8) is 0 Å². The quantitative estimate of drug-likeness (QED) is 0.713. The Kier molecular flexibility index (Phi) is 3.82. The number of aliphatic hydroxyl groups excluding tert-OH is 1. The molecule has 0 amide bonds. The van der Waals surface area contributed by atoms with Crippen LogP contribution < -0.4 is 0 Å². The van der Waals surface area contributed by atoms with E-state index in [9.17, 15) is 9.90 Å². The Morgan fingerprint density at radius 1 is 1.31 bits per heavy atom. The second-order valence-corrected chi connectivity index (χ2v) is 4.92. The van der Waals surface area contributed by atoms with E-state index in [4.69, 9.17) is 4.74 Å². The molecule has 0 spiro atoms. The number of aliphatic hydroxyl groups is 1. The number of nitrogens with zero attached hydrogens (tertiary/aromatic N) is 1. The van der Waals surface area contributed by atoms with E-state index in [-0.39, 0.29) is 18.1 Å². The van der Waals surface area contributed by atoms with Gasteiger partial charge < -0.3 is 9.84 Å². The summed E-state index contributed by atoms with van der Waals surface area (Å²) < 4.78 is 4.81. The first-order valence-electron chi connectivity index (χ1n) is 6.24. The minimum Gasteiger partial charge on any atom is -0.468 e. The van der Waals surface area contributed by atoms with E-state index >= 15 is 0 Å². The summed E-state index contributed by atoms with van der Waals surface area (Å²) in [5, 5.41) is 9.70. The van der Waals surface area contributed by atoms with Gasteiger partial charge in [0.05, 0.1) is 13.2 Å². The number of hydrogen-bond acceptors (Lipinski definition) is 4. The lowest BCUT2D eigenvalue weighted by Gasteiger charge is -2.34. The van der Waals surface area contributed by atoms with Crippen molar-refractivity contribution in [1.82, 2.24) is 4.90 Å². The van der Waals surface area contributed by atoms with Gasteiger partial charge in [-0.05, 0) is 12.8 Å². The Bertz CT molecular complexity index is 251. The molecular formula is C12H21NO3. The lowest BCUT2D eigenvalue weighted by molar-refractivity contribution is -0.146. The smallest absolute Gasteiger partial charge is 0.323 e. The van der Waals surface area contributed by atoms with Crippen molar-refractivity contribution in [3.05, 3.63) is 0 Å². The first kappa shape index (κ1) is 11.9. The molecule has 4 nitrogen and oxygen atoms in total. The van der Waals surface area contributed by atoms with E-state index in [0.29, 0.717) is 19.0 Å². The Morgan fingerprint density at radius 2 is 2.00 bits per heavy atom. The fourth-order valence-electron chi connectivity index (χ4n) is 3.02. The normalized spacial score (nSPS) is 32.9. The third kappa shape index (κ3) is 2.38. The molecule has 2 atom stereocenters. The van der Waals surface area contributed by atoms with Crippen LogP contribution in [0.15, 0.2) is 0 Å². The van der Waals surface area contributed by atoms with Crippen LogP contribution in [0.5, 0.6) is 0 Å². The lowest BCUT2D eigenvalue weighted by atomic mass is 9.94. The molecule has 1 aliphatic carbocycles. The summed E-state index contributed by atoms with van der Waals surface area (Å²) in [5.41, 5.74) is 0. The highest BCUT2D eigenvalue weighted by Gasteiger charge is 2.40. The maximum Gasteiger partial charge on any atom is 0.323 e. The third-order valence-electron chi connectivity index (χ3n) is 3.83. The summed E-state index contributed by atoms with van der Waals surface area (Å²) in [6.45, 7) is 0.629. The van der Waals surface area contributed by atoms with E-state index in [2.05, 4.69) is 4.90 Å². The Labute approximate surface area is 96.6 Å². The molecule has 0 radical (unpaired) electrons. The average Bonchev–Trinajstić information content (AvgIpc) is 2.71. The molecule has 2 rings (SSSR count). The van der Waals surface area contributed by atoms with Gasteiger partial charge in [0.2, 0.25) is 0 Å². The first-order chi connectivity index (χ1) is 7.72. The van der Waals surface area contributed by atoms with E-state index in [1.54, 1.807) is 0 Å². The van der Waals surface area contributed by atoms with Gasteiger partial charge >= 0.3 is 5.97 Å². The predicted octanol–water partition coefficient (Wildman–Crippen LogP) is 0.927. The molecule has 1 saturated heterocycles. The molecule has 2 aliphatic rings. The number of esters is 1. The van der Waals surface area contributed by atoms with Gasteiger partial charge in [-0.15, -0.1) is 0 Å². The van der Waals surface area contributed by atoms with Crippen LogP contribution in [0.4, 0.5) is 0 Å². The molecule has 0 unspecified atom stereocenters. The number of ether oxygens (including phenoxy) is 1. The molecule has 1 aliphatic heterocycles. The number of methoxy groups -OCH3 is 1.